The van der Waals surface area contributed by atoms with Gasteiger partial charge in [-0.2, -0.15) is 0 Å². The number of rotatable bonds is 3. The zero-order chi connectivity index (χ0) is 15.7. The first kappa shape index (κ1) is 15.0. The number of carbonyl (C=O) groups excluding carboxylic acids is 1. The molecular formula is C14H16FN3O3S. The maximum Gasteiger partial charge on any atom is 0.223 e. The molecule has 0 atom stereocenters. The standard InChI is InChI=1S/C14H16FN3O3S/c15-10-1-2-11-12(9-10)17-13(16-11)3-4-14(19)18-5-7-22(20,21)8-6-18/h1-2,9H,3-8H2,(H,16,17). The first-order valence-electron chi connectivity index (χ1n) is 7.05. The summed E-state index contributed by atoms with van der Waals surface area (Å²) in [4.78, 5) is 20.9. The van der Waals surface area contributed by atoms with Gasteiger partial charge in [0.1, 0.15) is 11.6 Å². The van der Waals surface area contributed by atoms with E-state index in [1.54, 1.807) is 11.0 Å². The van der Waals surface area contributed by atoms with E-state index in [1.165, 1.54) is 12.1 Å². The van der Waals surface area contributed by atoms with E-state index in [0.29, 0.717) is 23.3 Å². The highest BCUT2D eigenvalue weighted by Crippen LogP contribution is 2.14. The number of nitrogens with zero attached hydrogens (tertiary/aromatic N) is 2. The molecule has 118 valence electrons. The Morgan fingerprint density at radius 2 is 2.05 bits per heavy atom. The fourth-order valence-corrected chi connectivity index (χ4v) is 3.70. The Hall–Kier alpha value is -1.96. The minimum atomic E-state index is -2.99. The van der Waals surface area contributed by atoms with Crippen molar-refractivity contribution in [3.05, 3.63) is 29.8 Å². The van der Waals surface area contributed by atoms with Gasteiger partial charge in [0.2, 0.25) is 5.91 Å². The molecule has 1 N–H and O–H groups in total. The lowest BCUT2D eigenvalue weighted by Gasteiger charge is -2.26. The van der Waals surface area contributed by atoms with Gasteiger partial charge in [-0.1, -0.05) is 0 Å². The fraction of sp³-hybridized carbons (Fsp3) is 0.429. The molecule has 2 aromatic rings. The van der Waals surface area contributed by atoms with Crippen molar-refractivity contribution in [3.63, 3.8) is 0 Å². The summed E-state index contributed by atoms with van der Waals surface area (Å²) in [5.41, 5.74) is 1.26. The highest BCUT2D eigenvalue weighted by Gasteiger charge is 2.24. The molecule has 8 heteroatoms. The van der Waals surface area contributed by atoms with Gasteiger partial charge in [0, 0.05) is 25.9 Å². The Balaban J connectivity index is 1.60. The van der Waals surface area contributed by atoms with Gasteiger partial charge in [-0.05, 0) is 18.2 Å². The van der Waals surface area contributed by atoms with Crippen molar-refractivity contribution in [1.29, 1.82) is 0 Å². The predicted octanol–water partition coefficient (Wildman–Crippen LogP) is 0.892. The molecule has 0 aliphatic carbocycles. The van der Waals surface area contributed by atoms with Crippen molar-refractivity contribution >= 4 is 26.8 Å². The van der Waals surface area contributed by atoms with Crippen molar-refractivity contribution in [1.82, 2.24) is 14.9 Å². The summed E-state index contributed by atoms with van der Waals surface area (Å²) in [7, 11) is -2.99. The molecule has 0 spiro atoms. The Labute approximate surface area is 127 Å². The number of H-pyrrole nitrogens is 1. The van der Waals surface area contributed by atoms with E-state index < -0.39 is 9.84 Å². The number of sulfone groups is 1. The fourth-order valence-electron chi connectivity index (χ4n) is 2.50. The summed E-state index contributed by atoms with van der Waals surface area (Å²) in [5.74, 6) is 0.263. The number of aromatic amines is 1. The monoisotopic (exact) mass is 325 g/mol. The Morgan fingerprint density at radius 1 is 1.32 bits per heavy atom. The summed E-state index contributed by atoms with van der Waals surface area (Å²) in [5, 5.41) is 0. The average Bonchev–Trinajstić information content (AvgIpc) is 2.86. The number of aromatic nitrogens is 2. The zero-order valence-corrected chi connectivity index (χ0v) is 12.7. The summed E-state index contributed by atoms with van der Waals surface area (Å²) < 4.78 is 35.8. The van der Waals surface area contributed by atoms with Gasteiger partial charge in [0.05, 0.1) is 22.5 Å². The van der Waals surface area contributed by atoms with Crippen LogP contribution in [0.15, 0.2) is 18.2 Å². The molecule has 1 saturated heterocycles. The molecule has 1 aromatic heterocycles. The van der Waals surface area contributed by atoms with Crippen molar-refractivity contribution < 1.29 is 17.6 Å². The average molecular weight is 325 g/mol. The number of fused-ring (bicyclic) bond motifs is 1. The van der Waals surface area contributed by atoms with Crippen LogP contribution in [0.3, 0.4) is 0 Å². The molecule has 1 aromatic carbocycles. The van der Waals surface area contributed by atoms with Crippen LogP contribution in [0.2, 0.25) is 0 Å². The van der Waals surface area contributed by atoms with Crippen LogP contribution in [0.25, 0.3) is 11.0 Å². The van der Waals surface area contributed by atoms with Crippen LogP contribution in [0.4, 0.5) is 4.39 Å². The smallest absolute Gasteiger partial charge is 0.223 e. The molecule has 0 radical (unpaired) electrons. The van der Waals surface area contributed by atoms with Crippen LogP contribution in [0, 0.1) is 5.82 Å². The molecule has 0 saturated carbocycles. The molecule has 22 heavy (non-hydrogen) atoms. The van der Waals surface area contributed by atoms with Crippen LogP contribution in [-0.4, -0.2) is 53.8 Å². The topological polar surface area (TPSA) is 83.1 Å². The largest absolute Gasteiger partial charge is 0.342 e. The normalized spacial score (nSPS) is 17.8. The van der Waals surface area contributed by atoms with Crippen LogP contribution < -0.4 is 0 Å². The quantitative estimate of drug-likeness (QED) is 0.908. The van der Waals surface area contributed by atoms with Crippen molar-refractivity contribution in [3.8, 4) is 0 Å². The van der Waals surface area contributed by atoms with E-state index in [0.717, 1.165) is 0 Å². The third-order valence-corrected chi connectivity index (χ3v) is 5.37. The van der Waals surface area contributed by atoms with Crippen LogP contribution >= 0.6 is 0 Å². The van der Waals surface area contributed by atoms with Gasteiger partial charge in [0.15, 0.2) is 9.84 Å². The predicted molar refractivity (Wildman–Crippen MR) is 79.6 cm³/mol. The molecular weight excluding hydrogens is 309 g/mol. The number of benzene rings is 1. The molecule has 1 aliphatic heterocycles. The van der Waals surface area contributed by atoms with Crippen molar-refractivity contribution in [2.24, 2.45) is 0 Å². The number of amides is 1. The van der Waals surface area contributed by atoms with Gasteiger partial charge < -0.3 is 9.88 Å². The highest BCUT2D eigenvalue weighted by atomic mass is 32.2. The molecule has 2 heterocycles. The molecule has 3 rings (SSSR count). The summed E-state index contributed by atoms with van der Waals surface area (Å²) in [6, 6.07) is 4.29. The van der Waals surface area contributed by atoms with E-state index in [4.69, 9.17) is 0 Å². The van der Waals surface area contributed by atoms with Crippen molar-refractivity contribution in [2.45, 2.75) is 12.8 Å². The highest BCUT2D eigenvalue weighted by molar-refractivity contribution is 7.91. The van der Waals surface area contributed by atoms with E-state index in [2.05, 4.69) is 9.97 Å². The minimum absolute atomic E-state index is 0.0304. The number of imidazole rings is 1. The lowest BCUT2D eigenvalue weighted by molar-refractivity contribution is -0.130. The number of hydrogen-bond acceptors (Lipinski definition) is 4. The maximum atomic E-state index is 13.1. The second kappa shape index (κ2) is 5.68. The molecule has 1 amide bonds. The lowest BCUT2D eigenvalue weighted by Crippen LogP contribution is -2.43. The SMILES string of the molecule is O=C(CCc1nc2ccc(F)cc2[nH]1)N1CCS(=O)(=O)CC1. The van der Waals surface area contributed by atoms with Crippen molar-refractivity contribution in [2.75, 3.05) is 24.6 Å². The van der Waals surface area contributed by atoms with Gasteiger partial charge in [-0.3, -0.25) is 4.79 Å². The minimum Gasteiger partial charge on any atom is -0.342 e. The Morgan fingerprint density at radius 3 is 2.77 bits per heavy atom. The second-order valence-electron chi connectivity index (χ2n) is 5.38. The Kier molecular flexibility index (Phi) is 3.86. The Bertz CT molecular complexity index is 802. The van der Waals surface area contributed by atoms with E-state index in [9.17, 15) is 17.6 Å². The van der Waals surface area contributed by atoms with Gasteiger partial charge in [0.25, 0.3) is 0 Å². The number of aryl methyl sites for hydroxylation is 1. The summed E-state index contributed by atoms with van der Waals surface area (Å²) in [6.45, 7) is 0.513. The summed E-state index contributed by atoms with van der Waals surface area (Å²) in [6.07, 6.45) is 0.667. The first-order valence-corrected chi connectivity index (χ1v) is 8.87. The molecule has 0 bridgehead atoms. The first-order chi connectivity index (χ1) is 10.4. The number of nitrogens with one attached hydrogen (secondary N) is 1. The van der Waals surface area contributed by atoms with Crippen LogP contribution in [-0.2, 0) is 21.1 Å². The zero-order valence-electron chi connectivity index (χ0n) is 11.9. The molecule has 1 aliphatic rings. The third-order valence-electron chi connectivity index (χ3n) is 3.77. The molecule has 6 nitrogen and oxygen atoms in total. The van der Waals surface area contributed by atoms with E-state index in [-0.39, 0.29) is 42.7 Å². The van der Waals surface area contributed by atoms with Crippen LogP contribution in [0.5, 0.6) is 0 Å². The lowest BCUT2D eigenvalue weighted by atomic mass is 10.2. The van der Waals surface area contributed by atoms with Gasteiger partial charge in [-0.25, -0.2) is 17.8 Å². The summed E-state index contributed by atoms with van der Waals surface area (Å²) >= 11 is 0. The van der Waals surface area contributed by atoms with Crippen LogP contribution in [0.1, 0.15) is 12.2 Å². The second-order valence-corrected chi connectivity index (χ2v) is 7.68. The van der Waals surface area contributed by atoms with E-state index >= 15 is 0 Å². The third kappa shape index (κ3) is 3.27. The number of carbonyl (C=O) groups is 1. The maximum absolute atomic E-state index is 13.1. The van der Waals surface area contributed by atoms with Gasteiger partial charge in [-0.15, -0.1) is 0 Å². The van der Waals surface area contributed by atoms with E-state index in [1.807, 2.05) is 0 Å². The van der Waals surface area contributed by atoms with Gasteiger partial charge >= 0.3 is 0 Å². The molecule has 0 unspecified atom stereocenters. The number of hydrogen-bond donors (Lipinski definition) is 1. The molecule has 1 fully saturated rings. The number of halogens is 1.